The molecule has 0 saturated carbocycles. The molecule has 2 aromatic carbocycles. The molecule has 27 heavy (non-hydrogen) atoms. The van der Waals surface area contributed by atoms with Crippen LogP contribution in [0.4, 0.5) is 10.1 Å². The van der Waals surface area contributed by atoms with Gasteiger partial charge in [0.05, 0.1) is 12.5 Å². The van der Waals surface area contributed by atoms with Crippen LogP contribution in [0.25, 0.3) is 0 Å². The second-order valence-corrected chi connectivity index (χ2v) is 6.76. The Hall–Kier alpha value is -2.89. The molecule has 0 unspecified atom stereocenters. The van der Waals surface area contributed by atoms with Gasteiger partial charge < -0.3 is 15.0 Å². The van der Waals surface area contributed by atoms with E-state index in [9.17, 15) is 14.0 Å². The topological polar surface area (TPSA) is 58.6 Å². The zero-order valence-electron chi connectivity index (χ0n) is 15.5. The molecule has 0 atom stereocenters. The summed E-state index contributed by atoms with van der Waals surface area (Å²) in [5.41, 5.74) is 0.520. The van der Waals surface area contributed by atoms with Crippen LogP contribution < -0.4 is 10.1 Å². The average Bonchev–Trinajstić information content (AvgIpc) is 2.68. The molecule has 0 aliphatic carbocycles. The highest BCUT2D eigenvalue weighted by Crippen LogP contribution is 2.37. The molecule has 0 spiro atoms. The molecule has 2 amide bonds. The maximum absolute atomic E-state index is 14.0. The van der Waals surface area contributed by atoms with E-state index in [-0.39, 0.29) is 17.6 Å². The lowest BCUT2D eigenvalue weighted by atomic mass is 9.72. The van der Waals surface area contributed by atoms with Crippen LogP contribution in [0.3, 0.4) is 0 Å². The van der Waals surface area contributed by atoms with Crippen molar-refractivity contribution in [1.29, 1.82) is 0 Å². The maximum Gasteiger partial charge on any atom is 0.235 e. The SMILES string of the molecule is COc1ccc(NC(=O)C2(c3ccccc3)CCN(C(C)=O)CC2)cc1F. The molecule has 0 radical (unpaired) electrons. The van der Waals surface area contributed by atoms with Gasteiger partial charge in [-0.2, -0.15) is 0 Å². The van der Waals surface area contributed by atoms with Crippen molar-refractivity contribution in [2.75, 3.05) is 25.5 Å². The fourth-order valence-electron chi connectivity index (χ4n) is 3.60. The van der Waals surface area contributed by atoms with Crippen molar-refractivity contribution in [3.63, 3.8) is 0 Å². The third-order valence-electron chi connectivity index (χ3n) is 5.23. The minimum absolute atomic E-state index is 0.00861. The largest absolute Gasteiger partial charge is 0.494 e. The number of ether oxygens (including phenoxy) is 1. The standard InChI is InChI=1S/C21H23FN2O3/c1-15(25)24-12-10-21(11-13-24,16-6-4-3-5-7-16)20(26)23-17-8-9-19(27-2)18(22)14-17/h3-9,14H,10-13H2,1-2H3,(H,23,26). The van der Waals surface area contributed by atoms with Crippen LogP contribution in [0, 0.1) is 5.82 Å². The highest BCUT2D eigenvalue weighted by molar-refractivity contribution is 5.99. The minimum Gasteiger partial charge on any atom is -0.494 e. The Morgan fingerprint density at radius 2 is 1.78 bits per heavy atom. The number of anilines is 1. The molecule has 5 nitrogen and oxygen atoms in total. The number of halogens is 1. The molecule has 0 bridgehead atoms. The Kier molecular flexibility index (Phi) is 5.44. The molecule has 1 N–H and O–H groups in total. The van der Waals surface area contributed by atoms with Gasteiger partial charge in [-0.05, 0) is 30.5 Å². The van der Waals surface area contributed by atoms with E-state index in [0.29, 0.717) is 31.6 Å². The van der Waals surface area contributed by atoms with Crippen molar-refractivity contribution in [2.45, 2.75) is 25.2 Å². The number of nitrogens with one attached hydrogen (secondary N) is 1. The number of nitrogens with zero attached hydrogens (tertiary/aromatic N) is 1. The summed E-state index contributed by atoms with van der Waals surface area (Å²) in [7, 11) is 1.39. The summed E-state index contributed by atoms with van der Waals surface area (Å²) in [6.07, 6.45) is 1.03. The van der Waals surface area contributed by atoms with E-state index in [1.165, 1.54) is 26.2 Å². The van der Waals surface area contributed by atoms with Crippen molar-refractivity contribution in [2.24, 2.45) is 0 Å². The van der Waals surface area contributed by atoms with E-state index >= 15 is 0 Å². The molecule has 2 aromatic rings. The van der Waals surface area contributed by atoms with Crippen molar-refractivity contribution in [3.8, 4) is 5.75 Å². The van der Waals surface area contributed by atoms with Gasteiger partial charge in [0.2, 0.25) is 11.8 Å². The zero-order valence-corrected chi connectivity index (χ0v) is 15.5. The number of hydrogen-bond donors (Lipinski definition) is 1. The predicted molar refractivity (Wildman–Crippen MR) is 101 cm³/mol. The Morgan fingerprint density at radius 1 is 1.11 bits per heavy atom. The van der Waals surface area contributed by atoms with E-state index < -0.39 is 11.2 Å². The first-order chi connectivity index (χ1) is 13.0. The number of methoxy groups -OCH3 is 1. The molecular weight excluding hydrogens is 347 g/mol. The molecule has 6 heteroatoms. The van der Waals surface area contributed by atoms with Crippen LogP contribution in [0.1, 0.15) is 25.3 Å². The van der Waals surface area contributed by atoms with Gasteiger partial charge in [0.1, 0.15) is 0 Å². The molecular formula is C21H23FN2O3. The Balaban J connectivity index is 1.88. The van der Waals surface area contributed by atoms with Crippen molar-refractivity contribution in [3.05, 3.63) is 59.9 Å². The summed E-state index contributed by atoms with van der Waals surface area (Å²) in [6.45, 7) is 2.55. The zero-order chi connectivity index (χ0) is 19.4. The van der Waals surface area contributed by atoms with E-state index in [4.69, 9.17) is 4.74 Å². The highest BCUT2D eigenvalue weighted by Gasteiger charge is 2.43. The number of carbonyl (C=O) groups is 2. The van der Waals surface area contributed by atoms with Crippen molar-refractivity contribution >= 4 is 17.5 Å². The fourth-order valence-corrected chi connectivity index (χ4v) is 3.60. The summed E-state index contributed by atoms with van der Waals surface area (Å²) >= 11 is 0. The monoisotopic (exact) mass is 370 g/mol. The number of piperidine rings is 1. The predicted octanol–water partition coefficient (Wildman–Crippen LogP) is 3.35. The third-order valence-corrected chi connectivity index (χ3v) is 5.23. The number of amides is 2. The Labute approximate surface area is 158 Å². The molecule has 0 aromatic heterocycles. The van der Waals surface area contributed by atoms with Crippen molar-refractivity contribution < 1.29 is 18.7 Å². The van der Waals surface area contributed by atoms with Crippen LogP contribution in [0.5, 0.6) is 5.75 Å². The summed E-state index contributed by atoms with van der Waals surface area (Å²) in [5.74, 6) is -0.591. The second-order valence-electron chi connectivity index (χ2n) is 6.76. The van der Waals surface area contributed by atoms with Gasteiger partial charge in [0.15, 0.2) is 11.6 Å². The van der Waals surface area contributed by atoms with E-state index in [0.717, 1.165) is 5.56 Å². The maximum atomic E-state index is 14.0. The molecule has 1 aliphatic heterocycles. The van der Waals surface area contributed by atoms with Gasteiger partial charge in [0.25, 0.3) is 0 Å². The Morgan fingerprint density at radius 3 is 2.33 bits per heavy atom. The van der Waals surface area contributed by atoms with Gasteiger partial charge >= 0.3 is 0 Å². The first-order valence-corrected chi connectivity index (χ1v) is 8.92. The summed E-state index contributed by atoms with van der Waals surface area (Å²) < 4.78 is 18.9. The van der Waals surface area contributed by atoms with E-state index in [1.54, 1.807) is 11.0 Å². The first-order valence-electron chi connectivity index (χ1n) is 8.92. The van der Waals surface area contributed by atoms with E-state index in [1.807, 2.05) is 30.3 Å². The smallest absolute Gasteiger partial charge is 0.235 e. The number of hydrogen-bond acceptors (Lipinski definition) is 3. The lowest BCUT2D eigenvalue weighted by Crippen LogP contribution is -2.50. The average molecular weight is 370 g/mol. The summed E-state index contributed by atoms with van der Waals surface area (Å²) in [4.78, 5) is 26.7. The summed E-state index contributed by atoms with van der Waals surface area (Å²) in [6, 6.07) is 13.9. The highest BCUT2D eigenvalue weighted by atomic mass is 19.1. The summed E-state index contributed by atoms with van der Waals surface area (Å²) in [5, 5.41) is 2.85. The second kappa shape index (κ2) is 7.78. The number of likely N-dealkylation sites (tertiary alicyclic amines) is 1. The first kappa shape index (κ1) is 18.9. The normalized spacial score (nSPS) is 15.9. The van der Waals surface area contributed by atoms with Crippen LogP contribution in [0.15, 0.2) is 48.5 Å². The van der Waals surface area contributed by atoms with Crippen molar-refractivity contribution in [1.82, 2.24) is 4.90 Å². The van der Waals surface area contributed by atoms with Gasteiger partial charge in [-0.25, -0.2) is 4.39 Å². The molecule has 1 saturated heterocycles. The fraction of sp³-hybridized carbons (Fsp3) is 0.333. The quantitative estimate of drug-likeness (QED) is 0.898. The van der Waals surface area contributed by atoms with Crippen LogP contribution in [-0.2, 0) is 15.0 Å². The van der Waals surface area contributed by atoms with Gasteiger partial charge in [-0.1, -0.05) is 30.3 Å². The third kappa shape index (κ3) is 3.79. The lowest BCUT2D eigenvalue weighted by molar-refractivity contribution is -0.133. The molecule has 1 aliphatic rings. The molecule has 3 rings (SSSR count). The van der Waals surface area contributed by atoms with E-state index in [2.05, 4.69) is 5.32 Å². The Bertz CT molecular complexity index is 831. The van der Waals surface area contributed by atoms with Gasteiger partial charge in [-0.3, -0.25) is 9.59 Å². The number of rotatable bonds is 4. The van der Waals surface area contributed by atoms with Crippen LogP contribution in [-0.4, -0.2) is 36.9 Å². The lowest BCUT2D eigenvalue weighted by Gasteiger charge is -2.40. The number of carbonyl (C=O) groups excluding carboxylic acids is 2. The molecule has 142 valence electrons. The molecule has 1 fully saturated rings. The van der Waals surface area contributed by atoms with Gasteiger partial charge in [0, 0.05) is 31.8 Å². The van der Waals surface area contributed by atoms with Crippen LogP contribution in [0.2, 0.25) is 0 Å². The van der Waals surface area contributed by atoms with Gasteiger partial charge in [-0.15, -0.1) is 0 Å². The number of benzene rings is 2. The molecule has 1 heterocycles. The van der Waals surface area contributed by atoms with Crippen LogP contribution >= 0.6 is 0 Å². The minimum atomic E-state index is -0.760.